The van der Waals surface area contributed by atoms with Gasteiger partial charge in [0.15, 0.2) is 0 Å². The van der Waals surface area contributed by atoms with Crippen molar-refractivity contribution < 1.29 is 9.47 Å². The molecule has 0 N–H and O–H groups in total. The molecule has 0 aliphatic carbocycles. The molecule has 2 heteroatoms. The molecule has 1 atom stereocenters. The van der Waals surface area contributed by atoms with Gasteiger partial charge in [-0.15, -0.1) is 0 Å². The Morgan fingerprint density at radius 2 is 1.92 bits per heavy atom. The highest BCUT2D eigenvalue weighted by atomic mass is 16.5. The smallest absolute Gasteiger partial charge is 0.106 e. The lowest BCUT2D eigenvalue weighted by molar-refractivity contribution is 0.00280. The van der Waals surface area contributed by atoms with Crippen LogP contribution in [0.1, 0.15) is 18.6 Å². The highest BCUT2D eigenvalue weighted by molar-refractivity contribution is 5.17. The lowest BCUT2D eigenvalue weighted by Gasteiger charge is -2.15. The van der Waals surface area contributed by atoms with Crippen molar-refractivity contribution in [2.24, 2.45) is 0 Å². The zero-order valence-electron chi connectivity index (χ0n) is 8.19. The Bertz CT molecular complexity index is 215. The molecule has 0 heterocycles. The summed E-state index contributed by atoms with van der Waals surface area (Å²) in [4.78, 5) is 0. The van der Waals surface area contributed by atoms with Gasteiger partial charge in [-0.1, -0.05) is 30.3 Å². The van der Waals surface area contributed by atoms with Crippen LogP contribution in [0.5, 0.6) is 0 Å². The maximum Gasteiger partial charge on any atom is 0.106 e. The van der Waals surface area contributed by atoms with E-state index in [1.807, 2.05) is 25.1 Å². The fraction of sp³-hybridized carbons (Fsp3) is 0.455. The Kier molecular flexibility index (Phi) is 4.50. The lowest BCUT2D eigenvalue weighted by Crippen LogP contribution is -2.10. The zero-order chi connectivity index (χ0) is 9.52. The van der Waals surface area contributed by atoms with Gasteiger partial charge in [0.25, 0.3) is 0 Å². The van der Waals surface area contributed by atoms with Crippen molar-refractivity contribution in [2.75, 3.05) is 20.3 Å². The monoisotopic (exact) mass is 180 g/mol. The predicted molar refractivity (Wildman–Crippen MR) is 52.7 cm³/mol. The van der Waals surface area contributed by atoms with Crippen molar-refractivity contribution in [2.45, 2.75) is 13.0 Å². The average Bonchev–Trinajstić information content (AvgIpc) is 2.19. The summed E-state index contributed by atoms with van der Waals surface area (Å²) < 4.78 is 10.6. The normalized spacial score (nSPS) is 12.8. The lowest BCUT2D eigenvalue weighted by atomic mass is 10.1. The van der Waals surface area contributed by atoms with Crippen LogP contribution in [0, 0.1) is 0 Å². The molecule has 1 rings (SSSR count). The summed E-state index contributed by atoms with van der Waals surface area (Å²) in [6, 6.07) is 10.1. The van der Waals surface area contributed by atoms with Gasteiger partial charge in [-0.3, -0.25) is 0 Å². The third-order valence-electron chi connectivity index (χ3n) is 1.86. The molecule has 1 aromatic rings. The van der Waals surface area contributed by atoms with Gasteiger partial charge >= 0.3 is 0 Å². The first-order valence-electron chi connectivity index (χ1n) is 4.54. The molecule has 0 aromatic heterocycles. The first kappa shape index (κ1) is 10.2. The van der Waals surface area contributed by atoms with E-state index in [2.05, 4.69) is 12.1 Å². The molecule has 13 heavy (non-hydrogen) atoms. The number of benzene rings is 1. The molecule has 1 aromatic carbocycles. The summed E-state index contributed by atoms with van der Waals surface area (Å²) >= 11 is 0. The summed E-state index contributed by atoms with van der Waals surface area (Å²) in [6.45, 7) is 3.31. The highest BCUT2D eigenvalue weighted by Gasteiger charge is 2.09. The van der Waals surface area contributed by atoms with E-state index in [1.165, 1.54) is 5.56 Å². The Balaban J connectivity index is 2.64. The first-order valence-corrected chi connectivity index (χ1v) is 4.54. The second-order valence-electron chi connectivity index (χ2n) is 2.81. The molecule has 0 spiro atoms. The van der Waals surface area contributed by atoms with Crippen molar-refractivity contribution in [1.29, 1.82) is 0 Å². The first-order chi connectivity index (χ1) is 6.38. The quantitative estimate of drug-likeness (QED) is 0.692. The van der Waals surface area contributed by atoms with Crippen LogP contribution in [0.4, 0.5) is 0 Å². The van der Waals surface area contributed by atoms with Gasteiger partial charge in [-0.2, -0.15) is 0 Å². The predicted octanol–water partition coefficient (Wildman–Crippen LogP) is 2.41. The highest BCUT2D eigenvalue weighted by Crippen LogP contribution is 2.16. The zero-order valence-corrected chi connectivity index (χ0v) is 8.19. The van der Waals surface area contributed by atoms with Gasteiger partial charge in [-0.05, 0) is 12.5 Å². The number of hydrogen-bond acceptors (Lipinski definition) is 2. The van der Waals surface area contributed by atoms with Crippen molar-refractivity contribution in [1.82, 2.24) is 0 Å². The third-order valence-corrected chi connectivity index (χ3v) is 1.86. The summed E-state index contributed by atoms with van der Waals surface area (Å²) in [5.74, 6) is 0. The fourth-order valence-corrected chi connectivity index (χ4v) is 1.26. The molecule has 0 radical (unpaired) electrons. The number of rotatable bonds is 5. The van der Waals surface area contributed by atoms with E-state index >= 15 is 0 Å². The van der Waals surface area contributed by atoms with Crippen molar-refractivity contribution >= 4 is 0 Å². The van der Waals surface area contributed by atoms with Crippen LogP contribution < -0.4 is 0 Å². The largest absolute Gasteiger partial charge is 0.382 e. The van der Waals surface area contributed by atoms with Crippen LogP contribution in [0.25, 0.3) is 0 Å². The number of hydrogen-bond donors (Lipinski definition) is 0. The maximum atomic E-state index is 5.54. The van der Waals surface area contributed by atoms with Crippen LogP contribution in [-0.2, 0) is 9.47 Å². The van der Waals surface area contributed by atoms with Gasteiger partial charge in [0, 0.05) is 13.7 Å². The molecule has 0 saturated carbocycles. The minimum Gasteiger partial charge on any atom is -0.382 e. The molecule has 0 amide bonds. The fourth-order valence-electron chi connectivity index (χ4n) is 1.26. The van der Waals surface area contributed by atoms with Crippen LogP contribution >= 0.6 is 0 Å². The van der Waals surface area contributed by atoms with Gasteiger partial charge in [0.05, 0.1) is 6.61 Å². The van der Waals surface area contributed by atoms with Gasteiger partial charge in [0.1, 0.15) is 6.10 Å². The van der Waals surface area contributed by atoms with Crippen molar-refractivity contribution in [3.05, 3.63) is 35.9 Å². The van der Waals surface area contributed by atoms with E-state index in [0.717, 1.165) is 0 Å². The van der Waals surface area contributed by atoms with E-state index in [0.29, 0.717) is 13.2 Å². The standard InChI is InChI=1S/C11H16O2/c1-3-13-11(9-12-2)10-7-5-4-6-8-10/h4-8,11H,3,9H2,1-2H3. The summed E-state index contributed by atoms with van der Waals surface area (Å²) in [5.41, 5.74) is 1.17. The number of methoxy groups -OCH3 is 1. The van der Waals surface area contributed by atoms with Gasteiger partial charge in [0.2, 0.25) is 0 Å². The average molecular weight is 180 g/mol. The van der Waals surface area contributed by atoms with Gasteiger partial charge in [-0.25, -0.2) is 0 Å². The molecule has 0 saturated heterocycles. The Morgan fingerprint density at radius 1 is 1.23 bits per heavy atom. The van der Waals surface area contributed by atoms with Crippen LogP contribution in [0.3, 0.4) is 0 Å². The molecule has 2 nitrogen and oxygen atoms in total. The van der Waals surface area contributed by atoms with E-state index in [-0.39, 0.29) is 6.10 Å². The molecule has 0 fully saturated rings. The van der Waals surface area contributed by atoms with E-state index in [9.17, 15) is 0 Å². The van der Waals surface area contributed by atoms with Crippen LogP contribution in [0.15, 0.2) is 30.3 Å². The van der Waals surface area contributed by atoms with Crippen LogP contribution in [-0.4, -0.2) is 20.3 Å². The van der Waals surface area contributed by atoms with E-state index in [1.54, 1.807) is 7.11 Å². The second-order valence-corrected chi connectivity index (χ2v) is 2.81. The third kappa shape index (κ3) is 3.17. The molecule has 72 valence electrons. The minimum absolute atomic E-state index is 0.0659. The van der Waals surface area contributed by atoms with Gasteiger partial charge < -0.3 is 9.47 Å². The van der Waals surface area contributed by atoms with E-state index in [4.69, 9.17) is 9.47 Å². The Labute approximate surface area is 79.5 Å². The molecule has 0 aliphatic rings. The van der Waals surface area contributed by atoms with E-state index < -0.39 is 0 Å². The summed E-state index contributed by atoms with van der Waals surface area (Å²) in [6.07, 6.45) is 0.0659. The van der Waals surface area contributed by atoms with Crippen LogP contribution in [0.2, 0.25) is 0 Å². The molecular formula is C11H16O2. The topological polar surface area (TPSA) is 18.5 Å². The Morgan fingerprint density at radius 3 is 2.46 bits per heavy atom. The molecule has 0 aliphatic heterocycles. The van der Waals surface area contributed by atoms with Crippen molar-refractivity contribution in [3.63, 3.8) is 0 Å². The minimum atomic E-state index is 0.0659. The summed E-state index contributed by atoms with van der Waals surface area (Å²) in [7, 11) is 1.69. The molecule has 0 bridgehead atoms. The SMILES string of the molecule is CCOC(COC)c1ccccc1. The number of ether oxygens (including phenoxy) is 2. The van der Waals surface area contributed by atoms with Crippen molar-refractivity contribution in [3.8, 4) is 0 Å². The maximum absolute atomic E-state index is 5.54. The summed E-state index contributed by atoms with van der Waals surface area (Å²) in [5, 5.41) is 0. The molecular weight excluding hydrogens is 164 g/mol. The Hall–Kier alpha value is -0.860. The second kappa shape index (κ2) is 5.73. The molecule has 1 unspecified atom stereocenters.